The first-order chi connectivity index (χ1) is 13.0. The highest BCUT2D eigenvalue weighted by Gasteiger charge is 2.46. The van der Waals surface area contributed by atoms with Gasteiger partial charge in [-0.3, -0.25) is 9.59 Å². The molecule has 0 unspecified atom stereocenters. The molecule has 0 bridgehead atoms. The largest absolute Gasteiger partial charge is 0.469 e. The monoisotopic (exact) mass is 429 g/mol. The highest BCUT2D eigenvalue weighted by molar-refractivity contribution is 9.10. The van der Waals surface area contributed by atoms with E-state index in [-0.39, 0.29) is 29.6 Å². The van der Waals surface area contributed by atoms with Crippen molar-refractivity contribution >= 4 is 27.8 Å². The highest BCUT2D eigenvalue weighted by atomic mass is 79.9. The first-order valence-corrected chi connectivity index (χ1v) is 9.95. The number of halogens is 1. The number of benzene rings is 2. The zero-order valence-electron chi connectivity index (χ0n) is 15.6. The number of hydrogen-bond donors (Lipinski definition) is 0. The van der Waals surface area contributed by atoms with Crippen LogP contribution in [0.2, 0.25) is 0 Å². The normalized spacial score (nSPS) is 19.2. The highest BCUT2D eigenvalue weighted by Crippen LogP contribution is 2.49. The minimum absolute atomic E-state index is 0.0205. The van der Waals surface area contributed by atoms with Crippen molar-refractivity contribution < 1.29 is 14.3 Å². The SMILES string of the molecule is COC(=O)[C@H](C)CN(Cc1ccccc1)C(=O)[C@H]1C[C@H]1c1cccc(Br)c1. The lowest BCUT2D eigenvalue weighted by Gasteiger charge is -2.25. The molecule has 0 N–H and O–H groups in total. The third kappa shape index (κ3) is 4.98. The van der Waals surface area contributed by atoms with Crippen molar-refractivity contribution in [2.45, 2.75) is 25.8 Å². The quantitative estimate of drug-likeness (QED) is 0.613. The summed E-state index contributed by atoms with van der Waals surface area (Å²) in [5.74, 6) is -0.305. The van der Waals surface area contributed by atoms with Gasteiger partial charge in [-0.1, -0.05) is 65.3 Å². The van der Waals surface area contributed by atoms with Crippen LogP contribution in [0.4, 0.5) is 0 Å². The van der Waals surface area contributed by atoms with Crippen LogP contribution in [0.15, 0.2) is 59.1 Å². The number of hydrogen-bond acceptors (Lipinski definition) is 3. The fourth-order valence-electron chi connectivity index (χ4n) is 3.45. The molecule has 1 saturated carbocycles. The van der Waals surface area contributed by atoms with Crippen LogP contribution in [0.5, 0.6) is 0 Å². The van der Waals surface area contributed by atoms with Gasteiger partial charge in [0, 0.05) is 23.5 Å². The van der Waals surface area contributed by atoms with Gasteiger partial charge in [0.1, 0.15) is 0 Å². The van der Waals surface area contributed by atoms with Crippen LogP contribution in [-0.2, 0) is 20.9 Å². The van der Waals surface area contributed by atoms with Crippen LogP contribution < -0.4 is 0 Å². The van der Waals surface area contributed by atoms with Crippen molar-refractivity contribution in [3.8, 4) is 0 Å². The molecule has 2 aromatic carbocycles. The molecule has 5 heteroatoms. The maximum Gasteiger partial charge on any atom is 0.310 e. The maximum absolute atomic E-state index is 13.2. The summed E-state index contributed by atoms with van der Waals surface area (Å²) in [4.78, 5) is 26.9. The first-order valence-electron chi connectivity index (χ1n) is 9.15. The molecule has 3 atom stereocenters. The Morgan fingerprint density at radius 1 is 1.19 bits per heavy atom. The predicted octanol–water partition coefficient (Wildman–Crippen LogP) is 4.39. The second-order valence-electron chi connectivity index (χ2n) is 7.13. The van der Waals surface area contributed by atoms with Crippen LogP contribution >= 0.6 is 15.9 Å². The van der Waals surface area contributed by atoms with Gasteiger partial charge in [0.2, 0.25) is 5.91 Å². The number of ether oxygens (including phenoxy) is 1. The number of amides is 1. The number of esters is 1. The summed E-state index contributed by atoms with van der Waals surface area (Å²) < 4.78 is 5.87. The van der Waals surface area contributed by atoms with E-state index in [1.807, 2.05) is 42.5 Å². The van der Waals surface area contributed by atoms with Gasteiger partial charge >= 0.3 is 5.97 Å². The molecular weight excluding hydrogens is 406 g/mol. The average Bonchev–Trinajstić information content (AvgIpc) is 3.48. The van der Waals surface area contributed by atoms with E-state index in [1.165, 1.54) is 12.7 Å². The van der Waals surface area contributed by atoms with Crippen LogP contribution in [0.1, 0.15) is 30.4 Å². The zero-order valence-corrected chi connectivity index (χ0v) is 17.2. The van der Waals surface area contributed by atoms with Gasteiger partial charge in [-0.05, 0) is 35.6 Å². The molecule has 0 aliphatic heterocycles. The molecule has 0 aromatic heterocycles. The van der Waals surface area contributed by atoms with Gasteiger partial charge in [-0.2, -0.15) is 0 Å². The lowest BCUT2D eigenvalue weighted by Crippen LogP contribution is -2.38. The van der Waals surface area contributed by atoms with Crippen molar-refractivity contribution in [1.29, 1.82) is 0 Å². The van der Waals surface area contributed by atoms with Gasteiger partial charge < -0.3 is 9.64 Å². The molecule has 2 aromatic rings. The third-order valence-electron chi connectivity index (χ3n) is 5.01. The molecule has 3 rings (SSSR count). The van der Waals surface area contributed by atoms with E-state index >= 15 is 0 Å². The standard InChI is InChI=1S/C22H24BrNO3/c1-15(22(26)27-2)13-24(14-16-7-4-3-5-8-16)21(25)20-12-19(20)17-9-6-10-18(23)11-17/h3-11,15,19-20H,12-14H2,1-2H3/t15-,19+,20+/m1/s1. The molecule has 142 valence electrons. The van der Waals surface area contributed by atoms with Gasteiger partial charge in [0.15, 0.2) is 0 Å². The lowest BCUT2D eigenvalue weighted by atomic mass is 10.1. The lowest BCUT2D eigenvalue weighted by molar-refractivity contribution is -0.146. The Morgan fingerprint density at radius 2 is 1.93 bits per heavy atom. The van der Waals surface area contributed by atoms with E-state index < -0.39 is 0 Å². The third-order valence-corrected chi connectivity index (χ3v) is 5.50. The van der Waals surface area contributed by atoms with E-state index in [0.717, 1.165) is 16.5 Å². The van der Waals surface area contributed by atoms with Gasteiger partial charge in [0.25, 0.3) is 0 Å². The van der Waals surface area contributed by atoms with E-state index in [2.05, 4.69) is 28.1 Å². The van der Waals surface area contributed by atoms with Crippen molar-refractivity contribution in [2.75, 3.05) is 13.7 Å². The summed E-state index contributed by atoms with van der Waals surface area (Å²) in [7, 11) is 1.38. The Hall–Kier alpha value is -2.14. The first kappa shape index (κ1) is 19.6. The summed E-state index contributed by atoms with van der Waals surface area (Å²) in [6, 6.07) is 18.0. The number of carbonyl (C=O) groups excluding carboxylic acids is 2. The minimum Gasteiger partial charge on any atom is -0.469 e. The zero-order chi connectivity index (χ0) is 19.4. The predicted molar refractivity (Wildman–Crippen MR) is 108 cm³/mol. The summed E-state index contributed by atoms with van der Waals surface area (Å²) in [5.41, 5.74) is 2.24. The number of rotatable bonds is 7. The molecule has 1 amide bonds. The topological polar surface area (TPSA) is 46.6 Å². The fourth-order valence-corrected chi connectivity index (χ4v) is 3.87. The van der Waals surface area contributed by atoms with Crippen LogP contribution in [-0.4, -0.2) is 30.4 Å². The summed E-state index contributed by atoms with van der Waals surface area (Å²) in [6.45, 7) is 2.67. The molecule has 0 spiro atoms. The molecule has 0 saturated heterocycles. The fraction of sp³-hybridized carbons (Fsp3) is 0.364. The Bertz CT molecular complexity index is 808. The van der Waals surface area contributed by atoms with Crippen LogP contribution in [0, 0.1) is 11.8 Å². The van der Waals surface area contributed by atoms with Crippen molar-refractivity contribution in [2.24, 2.45) is 11.8 Å². The molecule has 4 nitrogen and oxygen atoms in total. The summed E-state index contributed by atoms with van der Waals surface area (Å²) in [6.07, 6.45) is 0.854. The van der Waals surface area contributed by atoms with E-state index in [9.17, 15) is 9.59 Å². The average molecular weight is 430 g/mol. The smallest absolute Gasteiger partial charge is 0.310 e. The second kappa shape index (κ2) is 8.70. The minimum atomic E-state index is -0.356. The summed E-state index contributed by atoms with van der Waals surface area (Å²) in [5, 5.41) is 0. The molecule has 27 heavy (non-hydrogen) atoms. The van der Waals surface area contributed by atoms with Gasteiger partial charge in [-0.25, -0.2) is 0 Å². The molecule has 0 radical (unpaired) electrons. The molecular formula is C22H24BrNO3. The van der Waals surface area contributed by atoms with Crippen LogP contribution in [0.3, 0.4) is 0 Å². The van der Waals surface area contributed by atoms with Gasteiger partial charge in [-0.15, -0.1) is 0 Å². The Kier molecular flexibility index (Phi) is 6.32. The van der Waals surface area contributed by atoms with E-state index in [1.54, 1.807) is 11.8 Å². The molecule has 1 aliphatic carbocycles. The van der Waals surface area contributed by atoms with E-state index in [0.29, 0.717) is 13.1 Å². The second-order valence-corrected chi connectivity index (χ2v) is 8.05. The van der Waals surface area contributed by atoms with Crippen molar-refractivity contribution in [3.05, 3.63) is 70.2 Å². The number of carbonyl (C=O) groups is 2. The Morgan fingerprint density at radius 3 is 2.59 bits per heavy atom. The number of methoxy groups -OCH3 is 1. The Labute approximate surface area is 168 Å². The molecule has 0 heterocycles. The molecule has 1 fully saturated rings. The molecule has 1 aliphatic rings. The van der Waals surface area contributed by atoms with Crippen molar-refractivity contribution in [3.63, 3.8) is 0 Å². The van der Waals surface area contributed by atoms with Gasteiger partial charge in [0.05, 0.1) is 13.0 Å². The van der Waals surface area contributed by atoms with Crippen LogP contribution in [0.25, 0.3) is 0 Å². The summed E-state index contributed by atoms with van der Waals surface area (Å²) >= 11 is 3.50. The Balaban J connectivity index is 1.73. The van der Waals surface area contributed by atoms with Crippen molar-refractivity contribution in [1.82, 2.24) is 4.90 Å². The maximum atomic E-state index is 13.2. The number of nitrogens with zero attached hydrogens (tertiary/aromatic N) is 1. The van der Waals surface area contributed by atoms with E-state index in [4.69, 9.17) is 4.74 Å².